The van der Waals surface area contributed by atoms with Gasteiger partial charge in [0, 0.05) is 17.1 Å². The molecule has 0 bridgehead atoms. The highest BCUT2D eigenvalue weighted by Crippen LogP contribution is 2.36. The number of amides is 2. The number of imide groups is 1. The molecule has 4 nitrogen and oxygen atoms in total. The Kier molecular flexibility index (Phi) is 4.37. The van der Waals surface area contributed by atoms with Crippen LogP contribution in [0.3, 0.4) is 0 Å². The normalized spacial score (nSPS) is 12.4. The van der Waals surface area contributed by atoms with Crippen molar-refractivity contribution in [2.45, 2.75) is 0 Å². The summed E-state index contributed by atoms with van der Waals surface area (Å²) >= 11 is 0. The third kappa shape index (κ3) is 3.05. The molecule has 1 N–H and O–H groups in total. The van der Waals surface area contributed by atoms with Crippen LogP contribution in [-0.4, -0.2) is 11.8 Å². The van der Waals surface area contributed by atoms with Gasteiger partial charge in [-0.2, -0.15) is 0 Å². The third-order valence-corrected chi connectivity index (χ3v) is 5.23. The van der Waals surface area contributed by atoms with Crippen LogP contribution in [0.4, 0.5) is 17.1 Å². The van der Waals surface area contributed by atoms with E-state index < -0.39 is 0 Å². The fourth-order valence-corrected chi connectivity index (χ4v) is 3.85. The van der Waals surface area contributed by atoms with Crippen molar-refractivity contribution in [2.24, 2.45) is 0 Å². The van der Waals surface area contributed by atoms with E-state index in [-0.39, 0.29) is 11.8 Å². The molecule has 1 aliphatic rings. The Labute approximate surface area is 174 Å². The Balaban J connectivity index is 1.58. The highest BCUT2D eigenvalue weighted by Gasteiger charge is 2.29. The lowest BCUT2D eigenvalue weighted by molar-refractivity contribution is 0.0880. The number of hydrogen-bond donors (Lipinski definition) is 1. The summed E-state index contributed by atoms with van der Waals surface area (Å²) in [7, 11) is 0. The van der Waals surface area contributed by atoms with E-state index >= 15 is 0 Å². The second-order valence-corrected chi connectivity index (χ2v) is 7.06. The van der Waals surface area contributed by atoms with Gasteiger partial charge < -0.3 is 4.90 Å². The number of carbonyl (C=O) groups is 2. The lowest BCUT2D eigenvalue weighted by atomic mass is 9.96. The number of para-hydroxylation sites is 2. The molecule has 5 rings (SSSR count). The second-order valence-electron chi connectivity index (χ2n) is 7.06. The number of rotatable bonds is 4. The van der Waals surface area contributed by atoms with Crippen molar-refractivity contribution in [3.05, 3.63) is 114 Å². The molecule has 4 heteroatoms. The molecule has 4 aromatic rings. The summed E-state index contributed by atoms with van der Waals surface area (Å²) in [5.74, 6) is -0.683. The Morgan fingerprint density at radius 3 is 1.63 bits per heavy atom. The highest BCUT2D eigenvalue weighted by molar-refractivity contribution is 6.24. The Hall–Kier alpha value is -4.18. The summed E-state index contributed by atoms with van der Waals surface area (Å²) in [6.07, 6.45) is 0. The molecule has 0 aromatic heterocycles. The molecule has 1 aliphatic heterocycles. The van der Waals surface area contributed by atoms with Gasteiger partial charge in [-0.15, -0.1) is 0 Å². The zero-order valence-corrected chi connectivity index (χ0v) is 16.1. The van der Waals surface area contributed by atoms with Crippen molar-refractivity contribution in [3.63, 3.8) is 0 Å². The van der Waals surface area contributed by atoms with E-state index in [1.807, 2.05) is 66.7 Å². The van der Waals surface area contributed by atoms with Gasteiger partial charge >= 0.3 is 0 Å². The average molecular weight is 390 g/mol. The van der Waals surface area contributed by atoms with E-state index in [0.717, 1.165) is 28.2 Å². The topological polar surface area (TPSA) is 49.4 Å². The molecule has 0 fully saturated rings. The fourth-order valence-electron chi connectivity index (χ4n) is 3.85. The predicted octanol–water partition coefficient (Wildman–Crippen LogP) is 5.71. The molecule has 0 spiro atoms. The van der Waals surface area contributed by atoms with Gasteiger partial charge in [0.05, 0.1) is 11.1 Å². The maximum absolute atomic E-state index is 12.3. The van der Waals surface area contributed by atoms with Crippen molar-refractivity contribution < 1.29 is 9.59 Å². The number of benzene rings is 4. The van der Waals surface area contributed by atoms with Gasteiger partial charge in [-0.25, -0.2) is 0 Å². The molecule has 144 valence electrons. The number of hydrogen-bond acceptors (Lipinski definition) is 3. The van der Waals surface area contributed by atoms with Crippen molar-refractivity contribution in [2.75, 3.05) is 4.90 Å². The molecular weight excluding hydrogens is 372 g/mol. The average Bonchev–Trinajstić information content (AvgIpc) is 3.10. The first-order valence-corrected chi connectivity index (χ1v) is 9.72. The predicted molar refractivity (Wildman–Crippen MR) is 118 cm³/mol. The first kappa shape index (κ1) is 17.9. The van der Waals surface area contributed by atoms with Crippen LogP contribution >= 0.6 is 0 Å². The van der Waals surface area contributed by atoms with E-state index in [2.05, 4.69) is 34.5 Å². The van der Waals surface area contributed by atoms with Gasteiger partial charge in [0.1, 0.15) is 0 Å². The van der Waals surface area contributed by atoms with Crippen LogP contribution in [0.1, 0.15) is 20.7 Å². The van der Waals surface area contributed by atoms with E-state index in [1.165, 1.54) is 0 Å². The van der Waals surface area contributed by atoms with Crippen LogP contribution in [0, 0.1) is 0 Å². The molecule has 2 amide bonds. The van der Waals surface area contributed by atoms with Gasteiger partial charge in [-0.3, -0.25) is 14.9 Å². The molecule has 0 saturated heterocycles. The molecule has 0 saturated carbocycles. The SMILES string of the molecule is O=C1NC(=O)c2c1cccc2-c1ccc(N(c2ccccc2)c2ccccc2)cc1. The van der Waals surface area contributed by atoms with Gasteiger partial charge in [-0.05, 0) is 53.6 Å². The number of carbonyl (C=O) groups excluding carboxylic acids is 2. The smallest absolute Gasteiger partial charge is 0.259 e. The molecule has 4 aromatic carbocycles. The van der Waals surface area contributed by atoms with Gasteiger partial charge in [0.25, 0.3) is 11.8 Å². The van der Waals surface area contributed by atoms with Gasteiger partial charge in [0.15, 0.2) is 0 Å². The van der Waals surface area contributed by atoms with Crippen LogP contribution in [0.25, 0.3) is 11.1 Å². The number of fused-ring (bicyclic) bond motifs is 1. The summed E-state index contributed by atoms with van der Waals surface area (Å²) < 4.78 is 0. The van der Waals surface area contributed by atoms with Crippen molar-refractivity contribution >= 4 is 28.9 Å². The van der Waals surface area contributed by atoms with Crippen LogP contribution in [0.5, 0.6) is 0 Å². The lowest BCUT2D eigenvalue weighted by Gasteiger charge is -2.25. The molecular formula is C26H18N2O2. The second kappa shape index (κ2) is 7.33. The molecule has 1 heterocycles. The molecule has 0 radical (unpaired) electrons. The van der Waals surface area contributed by atoms with E-state index in [1.54, 1.807) is 12.1 Å². The van der Waals surface area contributed by atoms with Crippen LogP contribution in [0.2, 0.25) is 0 Å². The zero-order valence-electron chi connectivity index (χ0n) is 16.1. The number of anilines is 3. The quantitative estimate of drug-likeness (QED) is 0.454. The fraction of sp³-hybridized carbons (Fsp3) is 0. The largest absolute Gasteiger partial charge is 0.311 e. The Morgan fingerprint density at radius 2 is 1.03 bits per heavy atom. The van der Waals surface area contributed by atoms with Gasteiger partial charge in [-0.1, -0.05) is 60.7 Å². The minimum atomic E-state index is -0.343. The number of nitrogens with one attached hydrogen (secondary N) is 1. The molecule has 0 unspecified atom stereocenters. The Morgan fingerprint density at radius 1 is 0.500 bits per heavy atom. The maximum atomic E-state index is 12.3. The first-order valence-electron chi connectivity index (χ1n) is 9.72. The van der Waals surface area contributed by atoms with Crippen LogP contribution in [-0.2, 0) is 0 Å². The zero-order chi connectivity index (χ0) is 20.5. The summed E-state index contributed by atoms with van der Waals surface area (Å²) in [6.45, 7) is 0. The summed E-state index contributed by atoms with van der Waals surface area (Å²) in [6, 6.07) is 33.7. The van der Waals surface area contributed by atoms with Crippen LogP contribution in [0.15, 0.2) is 103 Å². The van der Waals surface area contributed by atoms with E-state index in [4.69, 9.17) is 0 Å². The van der Waals surface area contributed by atoms with Crippen molar-refractivity contribution in [3.8, 4) is 11.1 Å². The van der Waals surface area contributed by atoms with Crippen LogP contribution < -0.4 is 10.2 Å². The highest BCUT2D eigenvalue weighted by atomic mass is 16.2. The minimum Gasteiger partial charge on any atom is -0.311 e. The minimum absolute atomic E-state index is 0.340. The molecule has 0 aliphatic carbocycles. The van der Waals surface area contributed by atoms with Crippen molar-refractivity contribution in [1.82, 2.24) is 5.32 Å². The third-order valence-electron chi connectivity index (χ3n) is 5.23. The molecule has 30 heavy (non-hydrogen) atoms. The van der Waals surface area contributed by atoms with E-state index in [9.17, 15) is 9.59 Å². The van der Waals surface area contributed by atoms with Gasteiger partial charge in [0.2, 0.25) is 0 Å². The first-order chi connectivity index (χ1) is 14.7. The lowest BCUT2D eigenvalue weighted by Crippen LogP contribution is -2.20. The maximum Gasteiger partial charge on any atom is 0.259 e. The standard InChI is InChI=1S/C26H18N2O2/c29-25-23-13-7-12-22(24(23)26(30)27-25)18-14-16-21(17-15-18)28(19-8-3-1-4-9-19)20-10-5-2-6-11-20/h1-17H,(H,27,29,30). The Bertz CT molecular complexity index is 1190. The monoisotopic (exact) mass is 390 g/mol. The summed E-state index contributed by atoms with van der Waals surface area (Å²) in [5.41, 5.74) is 5.64. The number of nitrogens with zero attached hydrogens (tertiary/aromatic N) is 1. The van der Waals surface area contributed by atoms with E-state index in [0.29, 0.717) is 11.1 Å². The summed E-state index contributed by atoms with van der Waals surface area (Å²) in [4.78, 5) is 26.4. The molecule has 0 atom stereocenters. The summed E-state index contributed by atoms with van der Waals surface area (Å²) in [5, 5.41) is 2.38. The van der Waals surface area contributed by atoms with Crippen molar-refractivity contribution in [1.29, 1.82) is 0 Å².